The first-order valence-electron chi connectivity index (χ1n) is 7.37. The Morgan fingerprint density at radius 3 is 2.32 bits per heavy atom. The van der Waals surface area contributed by atoms with Crippen LogP contribution in [0.2, 0.25) is 0 Å². The number of nitrogens with zero attached hydrogens (tertiary/aromatic N) is 1. The Bertz CT molecular complexity index is 589. The van der Waals surface area contributed by atoms with Gasteiger partial charge in [0.1, 0.15) is 12.3 Å². The number of likely N-dealkylation sites (tertiary alicyclic amines) is 1. The van der Waals surface area contributed by atoms with Gasteiger partial charge in [-0.3, -0.25) is 19.3 Å². The van der Waals surface area contributed by atoms with Gasteiger partial charge in [0.25, 0.3) is 0 Å². The third kappa shape index (κ3) is 2.68. The fourth-order valence-corrected chi connectivity index (χ4v) is 3.15. The Kier molecular flexibility index (Phi) is 3.83. The number of amides is 3. The van der Waals surface area contributed by atoms with Crippen LogP contribution in [-0.2, 0) is 14.4 Å². The molecule has 116 valence electrons. The maximum atomic E-state index is 12.2. The summed E-state index contributed by atoms with van der Waals surface area (Å²) in [5, 5.41) is 2.69. The zero-order valence-corrected chi connectivity index (χ0v) is 12.4. The van der Waals surface area contributed by atoms with Crippen molar-refractivity contribution < 1.29 is 19.1 Å². The first kappa shape index (κ1) is 14.6. The highest BCUT2D eigenvalue weighted by Crippen LogP contribution is 2.37. The number of imide groups is 1. The van der Waals surface area contributed by atoms with Crippen molar-refractivity contribution >= 4 is 23.4 Å². The van der Waals surface area contributed by atoms with Crippen LogP contribution < -0.4 is 10.1 Å². The smallest absolute Gasteiger partial charge is 0.244 e. The maximum absolute atomic E-state index is 12.2. The first-order valence-corrected chi connectivity index (χ1v) is 7.37. The van der Waals surface area contributed by atoms with Crippen molar-refractivity contribution in [2.75, 3.05) is 19.0 Å². The molecule has 6 heteroatoms. The van der Waals surface area contributed by atoms with Crippen LogP contribution in [0.25, 0.3) is 0 Å². The molecule has 1 saturated carbocycles. The van der Waals surface area contributed by atoms with Crippen molar-refractivity contribution in [3.63, 3.8) is 0 Å². The van der Waals surface area contributed by atoms with Gasteiger partial charge < -0.3 is 10.1 Å². The van der Waals surface area contributed by atoms with Gasteiger partial charge in [-0.15, -0.1) is 0 Å². The molecule has 2 unspecified atom stereocenters. The molecule has 1 N–H and O–H groups in total. The first-order chi connectivity index (χ1) is 10.6. The predicted molar refractivity (Wildman–Crippen MR) is 79.2 cm³/mol. The van der Waals surface area contributed by atoms with E-state index in [1.165, 1.54) is 0 Å². The summed E-state index contributed by atoms with van der Waals surface area (Å²) in [4.78, 5) is 37.5. The van der Waals surface area contributed by atoms with E-state index in [9.17, 15) is 14.4 Å². The number of ether oxygens (including phenoxy) is 1. The zero-order valence-electron chi connectivity index (χ0n) is 12.4. The number of rotatable bonds is 4. The standard InChI is InChI=1S/C16H18N2O4/c1-22-13-6-4-12(5-7-13)17-14(19)9-18-15(20)10-2-3-11(8-10)16(18)21/h4-7,10-11H,2-3,8-9H2,1H3,(H,17,19). The van der Waals surface area contributed by atoms with Crippen molar-refractivity contribution in [3.8, 4) is 5.75 Å². The Morgan fingerprint density at radius 2 is 1.77 bits per heavy atom. The van der Waals surface area contributed by atoms with Crippen LogP contribution in [0.1, 0.15) is 19.3 Å². The van der Waals surface area contributed by atoms with E-state index in [0.717, 1.165) is 17.7 Å². The fourth-order valence-electron chi connectivity index (χ4n) is 3.15. The number of anilines is 1. The van der Waals surface area contributed by atoms with Crippen LogP contribution in [0, 0.1) is 11.8 Å². The quantitative estimate of drug-likeness (QED) is 0.853. The predicted octanol–water partition coefficient (Wildman–Crippen LogP) is 1.42. The minimum atomic E-state index is -0.367. The van der Waals surface area contributed by atoms with E-state index in [4.69, 9.17) is 4.74 Å². The minimum absolute atomic E-state index is 0.0866. The average Bonchev–Trinajstić information content (AvgIpc) is 2.98. The summed E-state index contributed by atoms with van der Waals surface area (Å²) in [5.41, 5.74) is 0.602. The van der Waals surface area contributed by atoms with Gasteiger partial charge in [0.15, 0.2) is 0 Å². The number of hydrogen-bond acceptors (Lipinski definition) is 4. The molecular formula is C16H18N2O4. The Labute approximate surface area is 128 Å². The molecule has 1 heterocycles. The lowest BCUT2D eigenvalue weighted by Crippen LogP contribution is -2.49. The lowest BCUT2D eigenvalue weighted by molar-refractivity contribution is -0.154. The van der Waals surface area contributed by atoms with Crippen molar-refractivity contribution in [2.45, 2.75) is 19.3 Å². The number of methoxy groups -OCH3 is 1. The monoisotopic (exact) mass is 302 g/mol. The minimum Gasteiger partial charge on any atom is -0.497 e. The largest absolute Gasteiger partial charge is 0.497 e. The van der Waals surface area contributed by atoms with Crippen LogP contribution >= 0.6 is 0 Å². The van der Waals surface area contributed by atoms with Gasteiger partial charge in [-0.1, -0.05) is 0 Å². The molecule has 3 rings (SSSR count). The number of hydrogen-bond donors (Lipinski definition) is 1. The van der Waals surface area contributed by atoms with Crippen LogP contribution in [-0.4, -0.2) is 36.3 Å². The molecule has 3 amide bonds. The third-order valence-corrected chi connectivity index (χ3v) is 4.34. The normalized spacial score (nSPS) is 23.6. The molecule has 22 heavy (non-hydrogen) atoms. The lowest BCUT2D eigenvalue weighted by atomic mass is 9.97. The van der Waals surface area contributed by atoms with Crippen LogP contribution in [0.3, 0.4) is 0 Å². The van der Waals surface area contributed by atoms with Crippen molar-refractivity contribution in [1.29, 1.82) is 0 Å². The van der Waals surface area contributed by atoms with E-state index in [1.807, 2.05) is 0 Å². The van der Waals surface area contributed by atoms with Gasteiger partial charge in [0.2, 0.25) is 17.7 Å². The highest BCUT2D eigenvalue weighted by atomic mass is 16.5. The van der Waals surface area contributed by atoms with Crippen molar-refractivity contribution in [1.82, 2.24) is 4.90 Å². The number of benzene rings is 1. The molecule has 1 aliphatic heterocycles. The lowest BCUT2D eigenvalue weighted by Gasteiger charge is -2.29. The summed E-state index contributed by atoms with van der Waals surface area (Å²) in [5.74, 6) is -0.260. The number of carbonyl (C=O) groups excluding carboxylic acids is 3. The zero-order chi connectivity index (χ0) is 15.7. The fraction of sp³-hybridized carbons (Fsp3) is 0.438. The molecule has 0 radical (unpaired) electrons. The molecule has 0 aromatic heterocycles. The molecule has 1 aliphatic carbocycles. The third-order valence-electron chi connectivity index (χ3n) is 4.34. The molecule has 2 fully saturated rings. The Hall–Kier alpha value is -2.37. The summed E-state index contributed by atoms with van der Waals surface area (Å²) in [6, 6.07) is 6.88. The number of nitrogens with one attached hydrogen (secondary N) is 1. The Morgan fingerprint density at radius 1 is 1.18 bits per heavy atom. The summed E-state index contributed by atoms with van der Waals surface area (Å²) in [6.07, 6.45) is 2.16. The molecule has 1 aromatic rings. The molecule has 1 saturated heterocycles. The highest BCUT2D eigenvalue weighted by Gasteiger charge is 2.45. The molecule has 0 spiro atoms. The molecule has 2 atom stereocenters. The number of piperidine rings is 1. The number of carbonyl (C=O) groups is 3. The number of fused-ring (bicyclic) bond motifs is 2. The van der Waals surface area contributed by atoms with Crippen LogP contribution in [0.5, 0.6) is 5.75 Å². The molecule has 1 aromatic carbocycles. The van der Waals surface area contributed by atoms with E-state index in [1.54, 1.807) is 31.4 Å². The summed E-state index contributed by atoms with van der Waals surface area (Å²) < 4.78 is 5.04. The SMILES string of the molecule is COc1ccc(NC(=O)CN2C(=O)C3CCC(C3)C2=O)cc1. The molecular weight excluding hydrogens is 284 g/mol. The maximum Gasteiger partial charge on any atom is 0.244 e. The highest BCUT2D eigenvalue weighted by molar-refractivity contribution is 6.05. The van der Waals surface area contributed by atoms with Gasteiger partial charge in [-0.25, -0.2) is 0 Å². The van der Waals surface area contributed by atoms with E-state index in [0.29, 0.717) is 17.9 Å². The van der Waals surface area contributed by atoms with Gasteiger partial charge in [0.05, 0.1) is 7.11 Å². The van der Waals surface area contributed by atoms with E-state index >= 15 is 0 Å². The second-order valence-electron chi connectivity index (χ2n) is 5.75. The van der Waals surface area contributed by atoms with E-state index in [-0.39, 0.29) is 36.1 Å². The van der Waals surface area contributed by atoms with Gasteiger partial charge in [-0.05, 0) is 43.5 Å². The summed E-state index contributed by atoms with van der Waals surface area (Å²) in [7, 11) is 1.56. The molecule has 2 aliphatic rings. The van der Waals surface area contributed by atoms with Crippen molar-refractivity contribution in [2.24, 2.45) is 11.8 Å². The molecule has 6 nitrogen and oxygen atoms in total. The summed E-state index contributed by atoms with van der Waals surface area (Å²) >= 11 is 0. The van der Waals surface area contributed by atoms with Crippen LogP contribution in [0.15, 0.2) is 24.3 Å². The second kappa shape index (κ2) is 5.79. The Balaban J connectivity index is 1.63. The summed E-state index contributed by atoms with van der Waals surface area (Å²) in [6.45, 7) is -0.212. The topological polar surface area (TPSA) is 75.7 Å². The van der Waals surface area contributed by atoms with Gasteiger partial charge >= 0.3 is 0 Å². The molecule has 2 bridgehead atoms. The second-order valence-corrected chi connectivity index (χ2v) is 5.75. The van der Waals surface area contributed by atoms with E-state index < -0.39 is 0 Å². The van der Waals surface area contributed by atoms with Gasteiger partial charge in [-0.2, -0.15) is 0 Å². The van der Waals surface area contributed by atoms with E-state index in [2.05, 4.69) is 5.32 Å². The average molecular weight is 302 g/mol. The van der Waals surface area contributed by atoms with Crippen LogP contribution in [0.4, 0.5) is 5.69 Å². The van der Waals surface area contributed by atoms with Crippen molar-refractivity contribution in [3.05, 3.63) is 24.3 Å². The van der Waals surface area contributed by atoms with Gasteiger partial charge in [0, 0.05) is 17.5 Å².